The quantitative estimate of drug-likeness (QED) is 0.453. The lowest BCUT2D eigenvalue weighted by atomic mass is 10.2. The van der Waals surface area contributed by atoms with Crippen LogP contribution in [0.1, 0.15) is 33.1 Å². The van der Waals surface area contributed by atoms with Gasteiger partial charge in [-0.05, 0) is 26.7 Å². The van der Waals surface area contributed by atoms with E-state index in [0.29, 0.717) is 32.1 Å². The van der Waals surface area contributed by atoms with Crippen molar-refractivity contribution < 1.29 is 9.53 Å². The van der Waals surface area contributed by atoms with Gasteiger partial charge in [0.15, 0.2) is 0 Å². The molecular formula is C11H22ClNO2. The molecule has 0 aliphatic carbocycles. The summed E-state index contributed by atoms with van der Waals surface area (Å²) in [5, 5.41) is 0. The lowest BCUT2D eigenvalue weighted by Crippen LogP contribution is -2.33. The van der Waals surface area contributed by atoms with Crippen LogP contribution in [0.15, 0.2) is 0 Å². The first-order valence-corrected chi connectivity index (χ1v) is 6.21. The van der Waals surface area contributed by atoms with Crippen molar-refractivity contribution in [1.29, 1.82) is 0 Å². The minimum absolute atomic E-state index is 0.210. The molecule has 0 aliphatic rings. The first-order chi connectivity index (χ1) is 7.26. The van der Waals surface area contributed by atoms with Crippen LogP contribution in [0.25, 0.3) is 0 Å². The molecule has 90 valence electrons. The largest absolute Gasteiger partial charge is 0.380 e. The zero-order valence-electron chi connectivity index (χ0n) is 9.80. The molecule has 0 radical (unpaired) electrons. The van der Waals surface area contributed by atoms with Crippen LogP contribution in [0.3, 0.4) is 0 Å². The maximum absolute atomic E-state index is 11.7. The smallest absolute Gasteiger partial charge is 0.222 e. The van der Waals surface area contributed by atoms with Crippen molar-refractivity contribution in [2.75, 3.05) is 32.2 Å². The monoisotopic (exact) mass is 235 g/mol. The molecule has 1 amide bonds. The highest BCUT2D eigenvalue weighted by molar-refractivity contribution is 6.17. The van der Waals surface area contributed by atoms with Crippen molar-refractivity contribution in [3.8, 4) is 0 Å². The van der Waals surface area contributed by atoms with Gasteiger partial charge in [-0.2, -0.15) is 0 Å². The molecular weight excluding hydrogens is 214 g/mol. The molecule has 0 saturated carbocycles. The summed E-state index contributed by atoms with van der Waals surface area (Å²) in [5.41, 5.74) is 0. The van der Waals surface area contributed by atoms with Crippen molar-refractivity contribution in [1.82, 2.24) is 4.90 Å². The number of ether oxygens (including phenoxy) is 1. The lowest BCUT2D eigenvalue weighted by Gasteiger charge is -2.20. The van der Waals surface area contributed by atoms with Gasteiger partial charge in [0.05, 0.1) is 6.61 Å². The van der Waals surface area contributed by atoms with Crippen molar-refractivity contribution in [2.24, 2.45) is 0 Å². The van der Waals surface area contributed by atoms with E-state index in [4.69, 9.17) is 16.3 Å². The normalized spacial score (nSPS) is 10.3. The van der Waals surface area contributed by atoms with Gasteiger partial charge in [-0.25, -0.2) is 0 Å². The van der Waals surface area contributed by atoms with E-state index in [2.05, 4.69) is 0 Å². The minimum Gasteiger partial charge on any atom is -0.380 e. The van der Waals surface area contributed by atoms with Gasteiger partial charge >= 0.3 is 0 Å². The van der Waals surface area contributed by atoms with Crippen molar-refractivity contribution in [3.05, 3.63) is 0 Å². The number of alkyl halides is 1. The second kappa shape index (κ2) is 10.2. The zero-order chi connectivity index (χ0) is 11.5. The Morgan fingerprint density at radius 1 is 1.33 bits per heavy atom. The van der Waals surface area contributed by atoms with E-state index in [9.17, 15) is 4.79 Å². The molecule has 0 N–H and O–H groups in total. The molecule has 0 unspecified atom stereocenters. The Kier molecular flexibility index (Phi) is 10.1. The van der Waals surface area contributed by atoms with E-state index in [1.807, 2.05) is 18.7 Å². The van der Waals surface area contributed by atoms with Gasteiger partial charge < -0.3 is 9.64 Å². The highest BCUT2D eigenvalue weighted by Gasteiger charge is 2.10. The van der Waals surface area contributed by atoms with E-state index in [1.54, 1.807) is 0 Å². The van der Waals surface area contributed by atoms with Gasteiger partial charge in [0.2, 0.25) is 5.91 Å². The number of nitrogens with zero attached hydrogens (tertiary/aromatic N) is 1. The van der Waals surface area contributed by atoms with Crippen molar-refractivity contribution in [2.45, 2.75) is 33.1 Å². The number of carbonyl (C=O) groups excluding carboxylic acids is 1. The standard InChI is InChI=1S/C11H22ClNO2/c1-3-13(9-10-15-4-2)11(14)7-5-6-8-12/h3-10H2,1-2H3. The topological polar surface area (TPSA) is 29.5 Å². The number of hydrogen-bond acceptors (Lipinski definition) is 2. The van der Waals surface area contributed by atoms with Gasteiger partial charge in [0.1, 0.15) is 0 Å². The molecule has 0 bridgehead atoms. The Morgan fingerprint density at radius 2 is 2.07 bits per heavy atom. The molecule has 0 heterocycles. The molecule has 0 fully saturated rings. The predicted octanol–water partition coefficient (Wildman–Crippen LogP) is 2.28. The third-order valence-electron chi connectivity index (χ3n) is 2.22. The number of hydrogen-bond donors (Lipinski definition) is 0. The number of halogens is 1. The van der Waals surface area contributed by atoms with E-state index in [0.717, 1.165) is 19.4 Å². The summed E-state index contributed by atoms with van der Waals surface area (Å²) in [7, 11) is 0. The van der Waals surface area contributed by atoms with Crippen molar-refractivity contribution >= 4 is 17.5 Å². The Bertz CT molecular complexity index is 165. The Labute approximate surface area is 97.7 Å². The van der Waals surface area contributed by atoms with Gasteiger partial charge in [0, 0.05) is 32.0 Å². The molecule has 0 aliphatic heterocycles. The van der Waals surface area contributed by atoms with Crippen LogP contribution < -0.4 is 0 Å². The van der Waals surface area contributed by atoms with Crippen LogP contribution in [-0.4, -0.2) is 43.0 Å². The summed E-state index contributed by atoms with van der Waals surface area (Å²) < 4.78 is 5.23. The number of carbonyl (C=O) groups is 1. The van der Waals surface area contributed by atoms with Crippen molar-refractivity contribution in [3.63, 3.8) is 0 Å². The molecule has 0 aromatic rings. The summed E-state index contributed by atoms with van der Waals surface area (Å²) in [6.07, 6.45) is 2.40. The minimum atomic E-state index is 0.210. The second-order valence-electron chi connectivity index (χ2n) is 3.32. The SMILES string of the molecule is CCOCCN(CC)C(=O)CCCCCl. The number of amides is 1. The van der Waals surface area contributed by atoms with Crippen LogP contribution in [0.2, 0.25) is 0 Å². The Hall–Kier alpha value is -0.280. The Balaban J connectivity index is 3.67. The van der Waals surface area contributed by atoms with Gasteiger partial charge in [-0.3, -0.25) is 4.79 Å². The van der Waals surface area contributed by atoms with E-state index >= 15 is 0 Å². The summed E-state index contributed by atoms with van der Waals surface area (Å²) >= 11 is 5.56. The summed E-state index contributed by atoms with van der Waals surface area (Å²) in [6, 6.07) is 0. The average Bonchev–Trinajstić information content (AvgIpc) is 2.24. The first-order valence-electron chi connectivity index (χ1n) is 5.67. The summed E-state index contributed by atoms with van der Waals surface area (Å²) in [5.74, 6) is 0.848. The third-order valence-corrected chi connectivity index (χ3v) is 2.49. The van der Waals surface area contributed by atoms with Crippen LogP contribution >= 0.6 is 11.6 Å². The van der Waals surface area contributed by atoms with E-state index < -0.39 is 0 Å². The molecule has 15 heavy (non-hydrogen) atoms. The number of unbranched alkanes of at least 4 members (excludes halogenated alkanes) is 1. The predicted molar refractivity (Wildman–Crippen MR) is 63.3 cm³/mol. The summed E-state index contributed by atoms with van der Waals surface area (Å²) in [4.78, 5) is 13.5. The lowest BCUT2D eigenvalue weighted by molar-refractivity contribution is -0.131. The molecule has 3 nitrogen and oxygen atoms in total. The fraction of sp³-hybridized carbons (Fsp3) is 0.909. The van der Waals surface area contributed by atoms with E-state index in [1.165, 1.54) is 0 Å². The van der Waals surface area contributed by atoms with E-state index in [-0.39, 0.29) is 5.91 Å². The van der Waals surface area contributed by atoms with Gasteiger partial charge in [-0.1, -0.05) is 0 Å². The molecule has 0 rings (SSSR count). The highest BCUT2D eigenvalue weighted by atomic mass is 35.5. The molecule has 0 aromatic heterocycles. The third kappa shape index (κ3) is 7.63. The molecule has 4 heteroatoms. The Morgan fingerprint density at radius 3 is 2.60 bits per heavy atom. The van der Waals surface area contributed by atoms with Crippen LogP contribution in [0.4, 0.5) is 0 Å². The fourth-order valence-corrected chi connectivity index (χ4v) is 1.50. The zero-order valence-corrected chi connectivity index (χ0v) is 10.6. The molecule has 0 atom stereocenters. The molecule has 0 spiro atoms. The first kappa shape index (κ1) is 14.7. The van der Waals surface area contributed by atoms with Crippen LogP contribution in [-0.2, 0) is 9.53 Å². The highest BCUT2D eigenvalue weighted by Crippen LogP contribution is 2.02. The average molecular weight is 236 g/mol. The van der Waals surface area contributed by atoms with Gasteiger partial charge in [0.25, 0.3) is 0 Å². The maximum Gasteiger partial charge on any atom is 0.222 e. The second-order valence-corrected chi connectivity index (χ2v) is 3.69. The molecule has 0 saturated heterocycles. The maximum atomic E-state index is 11.7. The fourth-order valence-electron chi connectivity index (χ4n) is 1.31. The number of rotatable bonds is 9. The molecule has 0 aromatic carbocycles. The van der Waals surface area contributed by atoms with Gasteiger partial charge in [-0.15, -0.1) is 11.6 Å². The van der Waals surface area contributed by atoms with Crippen LogP contribution in [0, 0.1) is 0 Å². The summed E-state index contributed by atoms with van der Waals surface area (Å²) in [6.45, 7) is 6.74. The number of likely N-dealkylation sites (N-methyl/N-ethyl adjacent to an activating group) is 1. The van der Waals surface area contributed by atoms with Crippen LogP contribution in [0.5, 0.6) is 0 Å².